The molecule has 4 nitrogen and oxygen atoms in total. The van der Waals surface area contributed by atoms with Crippen LogP contribution >= 0.6 is 11.3 Å². The fraction of sp³-hybridized carbons (Fsp3) is 0.143. The van der Waals surface area contributed by atoms with Gasteiger partial charge >= 0.3 is 0 Å². The van der Waals surface area contributed by atoms with Gasteiger partial charge in [-0.1, -0.05) is 30.3 Å². The van der Waals surface area contributed by atoms with Crippen molar-refractivity contribution in [1.29, 1.82) is 0 Å². The minimum atomic E-state index is -0.0930. The average molecular weight is 360 g/mol. The summed E-state index contributed by atoms with van der Waals surface area (Å²) in [6.07, 6.45) is 1.98. The molecule has 5 heteroatoms. The Morgan fingerprint density at radius 1 is 1.04 bits per heavy atom. The molecule has 0 aliphatic carbocycles. The highest BCUT2D eigenvalue weighted by Crippen LogP contribution is 2.33. The van der Waals surface area contributed by atoms with Crippen LogP contribution in [0.4, 0.5) is 5.69 Å². The Labute approximate surface area is 154 Å². The van der Waals surface area contributed by atoms with Crippen molar-refractivity contribution in [2.45, 2.75) is 12.8 Å². The molecule has 0 spiro atoms. The minimum absolute atomic E-state index is 0.0930. The van der Waals surface area contributed by atoms with Crippen LogP contribution in [0.15, 0.2) is 65.1 Å². The summed E-state index contributed by atoms with van der Waals surface area (Å²) in [6, 6.07) is 19.6. The monoisotopic (exact) mass is 360 g/mol. The first-order valence-electron chi connectivity index (χ1n) is 8.65. The van der Waals surface area contributed by atoms with E-state index < -0.39 is 0 Å². The quantitative estimate of drug-likeness (QED) is 0.497. The third-order valence-corrected chi connectivity index (χ3v) is 5.73. The molecule has 0 atom stereocenters. The van der Waals surface area contributed by atoms with E-state index in [1.54, 1.807) is 17.4 Å². The second kappa shape index (κ2) is 6.11. The Kier molecular flexibility index (Phi) is 3.60. The van der Waals surface area contributed by atoms with Crippen molar-refractivity contribution in [2.24, 2.45) is 0 Å². The third kappa shape index (κ3) is 2.52. The van der Waals surface area contributed by atoms with Crippen molar-refractivity contribution in [3.05, 3.63) is 72.0 Å². The summed E-state index contributed by atoms with van der Waals surface area (Å²) in [5.41, 5.74) is 3.15. The largest absolute Gasteiger partial charge is 0.448 e. The van der Waals surface area contributed by atoms with Crippen LogP contribution in [0.25, 0.3) is 21.0 Å². The number of carbonyl (C=O) groups excluding carboxylic acids is 1. The molecule has 0 saturated heterocycles. The standard InChI is InChI=1S/C21H16N2O2S/c24-21(23-13-5-7-14-6-1-3-9-16(14)23)18-12-11-17(25-18)20-22-15-8-2-4-10-19(15)26-20/h1-4,6,8-12H,5,7,13H2. The van der Waals surface area contributed by atoms with Crippen LogP contribution < -0.4 is 4.90 Å². The van der Waals surface area contributed by atoms with E-state index >= 15 is 0 Å². The molecule has 128 valence electrons. The maximum Gasteiger partial charge on any atom is 0.293 e. The zero-order chi connectivity index (χ0) is 17.5. The molecular formula is C21H16N2O2S. The number of aryl methyl sites for hydroxylation is 1. The van der Waals surface area contributed by atoms with Crippen LogP contribution in [0.5, 0.6) is 0 Å². The Morgan fingerprint density at radius 2 is 1.88 bits per heavy atom. The summed E-state index contributed by atoms with van der Waals surface area (Å²) in [7, 11) is 0. The van der Waals surface area contributed by atoms with E-state index in [-0.39, 0.29) is 5.91 Å². The second-order valence-electron chi connectivity index (χ2n) is 6.34. The maximum absolute atomic E-state index is 13.0. The van der Waals surface area contributed by atoms with Gasteiger partial charge in [0.2, 0.25) is 0 Å². The Morgan fingerprint density at radius 3 is 2.81 bits per heavy atom. The predicted molar refractivity (Wildman–Crippen MR) is 104 cm³/mol. The van der Waals surface area contributed by atoms with E-state index in [4.69, 9.17) is 4.42 Å². The molecule has 4 aromatic rings. The molecule has 5 rings (SSSR count). The van der Waals surface area contributed by atoms with Gasteiger partial charge < -0.3 is 9.32 Å². The molecule has 3 heterocycles. The molecule has 1 aliphatic rings. The smallest absolute Gasteiger partial charge is 0.293 e. The number of carbonyl (C=O) groups is 1. The van der Waals surface area contributed by atoms with Crippen LogP contribution in [0.1, 0.15) is 22.5 Å². The highest BCUT2D eigenvalue weighted by atomic mass is 32.1. The number of rotatable bonds is 2. The van der Waals surface area contributed by atoms with Crippen molar-refractivity contribution < 1.29 is 9.21 Å². The summed E-state index contributed by atoms with van der Waals surface area (Å²) in [6.45, 7) is 0.715. The van der Waals surface area contributed by atoms with Crippen molar-refractivity contribution >= 4 is 33.1 Å². The number of para-hydroxylation sites is 2. The molecule has 2 aromatic carbocycles. The minimum Gasteiger partial charge on any atom is -0.448 e. The van der Waals surface area contributed by atoms with E-state index in [1.807, 2.05) is 53.4 Å². The van der Waals surface area contributed by atoms with E-state index in [1.165, 1.54) is 5.56 Å². The summed E-state index contributed by atoms with van der Waals surface area (Å²) >= 11 is 1.57. The second-order valence-corrected chi connectivity index (χ2v) is 7.37. The SMILES string of the molecule is O=C(c1ccc(-c2nc3ccccc3s2)o1)N1CCCc2ccccc21. The number of thiazole rings is 1. The van der Waals surface area contributed by atoms with Gasteiger partial charge in [-0.15, -0.1) is 11.3 Å². The van der Waals surface area contributed by atoms with Gasteiger partial charge in [0.25, 0.3) is 5.91 Å². The topological polar surface area (TPSA) is 46.3 Å². The molecule has 0 fully saturated rings. The lowest BCUT2D eigenvalue weighted by molar-refractivity contribution is 0.0959. The average Bonchev–Trinajstić information content (AvgIpc) is 3.34. The molecule has 1 aliphatic heterocycles. The predicted octanol–water partition coefficient (Wildman–Crippen LogP) is 5.15. The fourth-order valence-corrected chi connectivity index (χ4v) is 4.35. The molecule has 2 aromatic heterocycles. The first kappa shape index (κ1) is 15.3. The molecule has 0 radical (unpaired) electrons. The van der Waals surface area contributed by atoms with Crippen LogP contribution in [0, 0.1) is 0 Å². The lowest BCUT2D eigenvalue weighted by Gasteiger charge is -2.28. The van der Waals surface area contributed by atoms with Crippen LogP contribution in [0.3, 0.4) is 0 Å². The van der Waals surface area contributed by atoms with Gasteiger partial charge in [0.15, 0.2) is 16.5 Å². The number of hydrogen-bond acceptors (Lipinski definition) is 4. The molecular weight excluding hydrogens is 344 g/mol. The molecule has 0 saturated carbocycles. The van der Waals surface area contributed by atoms with E-state index in [2.05, 4.69) is 11.1 Å². The number of anilines is 1. The van der Waals surface area contributed by atoms with Crippen molar-refractivity contribution in [2.75, 3.05) is 11.4 Å². The van der Waals surface area contributed by atoms with Gasteiger partial charge in [0.1, 0.15) is 0 Å². The molecule has 26 heavy (non-hydrogen) atoms. The van der Waals surface area contributed by atoms with Crippen LogP contribution in [0.2, 0.25) is 0 Å². The fourth-order valence-electron chi connectivity index (χ4n) is 3.42. The molecule has 1 amide bonds. The zero-order valence-corrected chi connectivity index (χ0v) is 14.8. The summed E-state index contributed by atoms with van der Waals surface area (Å²) in [5.74, 6) is 0.903. The molecule has 0 N–H and O–H groups in total. The first-order valence-corrected chi connectivity index (χ1v) is 9.47. The lowest BCUT2D eigenvalue weighted by atomic mass is 10.0. The summed E-state index contributed by atoms with van der Waals surface area (Å²) in [5, 5.41) is 0.796. The van der Waals surface area contributed by atoms with Gasteiger partial charge in [-0.2, -0.15) is 0 Å². The zero-order valence-electron chi connectivity index (χ0n) is 14.0. The van der Waals surface area contributed by atoms with Gasteiger partial charge in [0.05, 0.1) is 10.2 Å². The van der Waals surface area contributed by atoms with Crippen LogP contribution in [-0.4, -0.2) is 17.4 Å². The highest BCUT2D eigenvalue weighted by Gasteiger charge is 2.26. The van der Waals surface area contributed by atoms with Gasteiger partial charge in [-0.3, -0.25) is 4.79 Å². The van der Waals surface area contributed by atoms with Gasteiger partial charge in [-0.25, -0.2) is 4.98 Å². The number of nitrogens with zero attached hydrogens (tertiary/aromatic N) is 2. The van der Waals surface area contributed by atoms with E-state index in [9.17, 15) is 4.79 Å². The van der Waals surface area contributed by atoms with Crippen LogP contribution in [-0.2, 0) is 6.42 Å². The Hall–Kier alpha value is -2.92. The number of amides is 1. The third-order valence-electron chi connectivity index (χ3n) is 4.68. The number of hydrogen-bond donors (Lipinski definition) is 0. The van der Waals surface area contributed by atoms with Crippen molar-refractivity contribution in [3.8, 4) is 10.8 Å². The van der Waals surface area contributed by atoms with Crippen molar-refractivity contribution in [3.63, 3.8) is 0 Å². The molecule has 0 unspecified atom stereocenters. The van der Waals surface area contributed by atoms with E-state index in [0.29, 0.717) is 18.1 Å². The lowest BCUT2D eigenvalue weighted by Crippen LogP contribution is -2.35. The number of furan rings is 1. The molecule has 0 bridgehead atoms. The Bertz CT molecular complexity index is 1080. The van der Waals surface area contributed by atoms with Gasteiger partial charge in [0, 0.05) is 12.2 Å². The Balaban J connectivity index is 1.48. The number of benzene rings is 2. The summed E-state index contributed by atoms with van der Waals surface area (Å²) < 4.78 is 6.99. The van der Waals surface area contributed by atoms with E-state index in [0.717, 1.165) is 33.8 Å². The number of fused-ring (bicyclic) bond motifs is 2. The van der Waals surface area contributed by atoms with Crippen molar-refractivity contribution in [1.82, 2.24) is 4.98 Å². The number of aromatic nitrogens is 1. The first-order chi connectivity index (χ1) is 12.8. The van der Waals surface area contributed by atoms with Gasteiger partial charge in [-0.05, 0) is 48.7 Å². The normalized spacial score (nSPS) is 13.8. The maximum atomic E-state index is 13.0. The summed E-state index contributed by atoms with van der Waals surface area (Å²) in [4.78, 5) is 19.4. The highest BCUT2D eigenvalue weighted by molar-refractivity contribution is 7.21.